The van der Waals surface area contributed by atoms with Crippen LogP contribution in [0, 0.1) is 13.8 Å². The number of hydrogen-bond acceptors (Lipinski definition) is 14. The SMILES string of the molecule is Cc1c(O)cc2c(c1O)C(=O)[C@@]13Oc4c(C)c(O)c5c(=O)c(O)c(-c6ccc(O)c(O)c6)oc5c4[C@@]1(Oc1cc(O)c(O)cc13)O2. The van der Waals surface area contributed by atoms with Gasteiger partial charge in [0.25, 0.3) is 5.60 Å². The average Bonchev–Trinajstić information content (AvgIpc) is 3.45. The Morgan fingerprint density at radius 1 is 0.652 bits per heavy atom. The van der Waals surface area contributed by atoms with Crippen molar-refractivity contribution in [2.75, 3.05) is 0 Å². The molecule has 3 aliphatic rings. The average molecular weight is 628 g/mol. The minimum absolute atomic E-state index is 0.0645. The summed E-state index contributed by atoms with van der Waals surface area (Å²) in [7, 11) is 0. The van der Waals surface area contributed by atoms with E-state index in [4.69, 9.17) is 18.6 Å². The third-order valence-electron chi connectivity index (χ3n) is 8.76. The second-order valence-corrected chi connectivity index (χ2v) is 11.2. The highest BCUT2D eigenvalue weighted by Crippen LogP contribution is 2.69. The van der Waals surface area contributed by atoms with Gasteiger partial charge in [-0.2, -0.15) is 0 Å². The molecule has 3 aliphatic heterocycles. The summed E-state index contributed by atoms with van der Waals surface area (Å²) < 4.78 is 25.1. The second kappa shape index (κ2) is 8.18. The van der Waals surface area contributed by atoms with E-state index in [1.807, 2.05) is 0 Å². The Bertz CT molecular complexity index is 2360. The predicted molar refractivity (Wildman–Crippen MR) is 153 cm³/mol. The first-order valence-electron chi connectivity index (χ1n) is 13.6. The molecule has 8 N–H and O–H groups in total. The Morgan fingerprint density at radius 3 is 2.02 bits per heavy atom. The summed E-state index contributed by atoms with van der Waals surface area (Å²) in [5.74, 6) is -10.0. The number of phenolic OH excluding ortho intramolecular Hbond substituents is 7. The van der Waals surface area contributed by atoms with Crippen LogP contribution in [0.3, 0.4) is 0 Å². The molecule has 14 nitrogen and oxygen atoms in total. The van der Waals surface area contributed by atoms with E-state index in [1.165, 1.54) is 19.9 Å². The van der Waals surface area contributed by atoms with Crippen molar-refractivity contribution < 1.29 is 64.3 Å². The standard InChI is InChI=1S/C32H20O14/c1-9-14(34)7-19-20(23(9)38)30(42)31-12-6-16(36)17(37)8-18(12)44-32(31,45-19)22-27(46-31)10(2)24(39)21-25(40)26(41)28(43-29(21)22)11-3-4-13(33)15(35)5-11/h3-8,33-39,41H,1-2H3/t31-,32-/m1/s1. The zero-order valence-electron chi connectivity index (χ0n) is 23.5. The molecule has 5 aromatic rings. The molecule has 0 aliphatic carbocycles. The van der Waals surface area contributed by atoms with Gasteiger partial charge in [-0.15, -0.1) is 0 Å². The smallest absolute Gasteiger partial charge is 0.338 e. The van der Waals surface area contributed by atoms with Crippen LogP contribution >= 0.6 is 0 Å². The second-order valence-electron chi connectivity index (χ2n) is 11.2. The molecular weight excluding hydrogens is 608 g/mol. The highest BCUT2D eigenvalue weighted by molar-refractivity contribution is 6.12. The summed E-state index contributed by atoms with van der Waals surface area (Å²) in [5, 5.41) is 83.9. The van der Waals surface area contributed by atoms with Crippen molar-refractivity contribution in [2.24, 2.45) is 0 Å². The molecule has 1 aromatic heterocycles. The summed E-state index contributed by atoms with van der Waals surface area (Å²) in [6.07, 6.45) is 0. The Kier molecular flexibility index (Phi) is 4.82. The van der Waals surface area contributed by atoms with Crippen LogP contribution in [0.15, 0.2) is 45.6 Å². The molecule has 0 fully saturated rings. The van der Waals surface area contributed by atoms with Crippen LogP contribution in [0.2, 0.25) is 0 Å². The Balaban J connectivity index is 1.54. The van der Waals surface area contributed by atoms with Crippen LogP contribution in [0.1, 0.15) is 32.6 Å². The lowest BCUT2D eigenvalue weighted by Gasteiger charge is -2.40. The number of hydrogen-bond donors (Lipinski definition) is 8. The van der Waals surface area contributed by atoms with Gasteiger partial charge in [0.2, 0.25) is 17.0 Å². The first kappa shape index (κ1) is 27.1. The molecule has 46 heavy (non-hydrogen) atoms. The zero-order valence-corrected chi connectivity index (χ0v) is 23.5. The fraction of sp³-hybridized carbons (Fsp3) is 0.125. The predicted octanol–water partition coefficient (Wildman–Crippen LogP) is 3.83. The molecule has 4 heterocycles. The summed E-state index contributed by atoms with van der Waals surface area (Å²) in [6.45, 7) is 2.70. The number of ketones is 1. The van der Waals surface area contributed by atoms with Gasteiger partial charge in [-0.3, -0.25) is 9.59 Å². The lowest BCUT2D eigenvalue weighted by molar-refractivity contribution is -0.187. The highest BCUT2D eigenvalue weighted by Gasteiger charge is 2.79. The number of ether oxygens (including phenoxy) is 3. The van der Waals surface area contributed by atoms with Crippen molar-refractivity contribution in [3.8, 4) is 74.6 Å². The van der Waals surface area contributed by atoms with Gasteiger partial charge in [0, 0.05) is 28.8 Å². The van der Waals surface area contributed by atoms with E-state index in [2.05, 4.69) is 0 Å². The van der Waals surface area contributed by atoms with Gasteiger partial charge in [-0.05, 0) is 38.1 Å². The number of benzene rings is 4. The molecule has 0 spiro atoms. The number of carbonyl (C=O) groups is 1. The fourth-order valence-corrected chi connectivity index (χ4v) is 6.44. The van der Waals surface area contributed by atoms with Gasteiger partial charge in [0.15, 0.2) is 34.3 Å². The van der Waals surface area contributed by atoms with Crippen LogP contribution in [0.4, 0.5) is 0 Å². The quantitative estimate of drug-likeness (QED) is 0.123. The molecule has 0 bridgehead atoms. The lowest BCUT2D eigenvalue weighted by Crippen LogP contribution is -2.59. The maximum atomic E-state index is 14.7. The van der Waals surface area contributed by atoms with Crippen LogP contribution in [0.25, 0.3) is 22.3 Å². The first-order valence-corrected chi connectivity index (χ1v) is 13.6. The van der Waals surface area contributed by atoms with E-state index in [-0.39, 0.29) is 45.1 Å². The monoisotopic (exact) mass is 628 g/mol. The third kappa shape index (κ3) is 2.86. The number of carbonyl (C=O) groups excluding carboxylic acids is 1. The minimum atomic E-state index is -2.50. The molecule has 0 amide bonds. The first-order chi connectivity index (χ1) is 21.7. The normalized spacial score (nSPS) is 20.2. The van der Waals surface area contributed by atoms with Crippen LogP contribution in [0.5, 0.6) is 63.2 Å². The van der Waals surface area contributed by atoms with Crippen LogP contribution < -0.4 is 19.6 Å². The molecule has 14 heteroatoms. The lowest BCUT2D eigenvalue weighted by atomic mass is 9.76. The van der Waals surface area contributed by atoms with Gasteiger partial charge >= 0.3 is 5.79 Å². The van der Waals surface area contributed by atoms with Crippen molar-refractivity contribution in [1.82, 2.24) is 0 Å². The number of Topliss-reactive ketones (excluding diaryl/α,β-unsaturated/α-hetero) is 1. The minimum Gasteiger partial charge on any atom is -0.507 e. The number of rotatable bonds is 1. The molecule has 4 aromatic carbocycles. The van der Waals surface area contributed by atoms with E-state index >= 15 is 0 Å². The molecule has 0 unspecified atom stereocenters. The fourth-order valence-electron chi connectivity index (χ4n) is 6.44. The van der Waals surface area contributed by atoms with Gasteiger partial charge in [0.05, 0.1) is 5.56 Å². The van der Waals surface area contributed by atoms with Gasteiger partial charge in [0.1, 0.15) is 51.0 Å². The van der Waals surface area contributed by atoms with Crippen LogP contribution in [-0.2, 0) is 11.4 Å². The summed E-state index contributed by atoms with van der Waals surface area (Å²) in [4.78, 5) is 28.4. The molecule has 2 atom stereocenters. The molecular formula is C32H20O14. The zero-order chi connectivity index (χ0) is 32.8. The number of aromatic hydroxyl groups is 8. The maximum Gasteiger partial charge on any atom is 0.338 e. The molecule has 8 rings (SSSR count). The summed E-state index contributed by atoms with van der Waals surface area (Å²) >= 11 is 0. The van der Waals surface area contributed by atoms with Crippen molar-refractivity contribution in [3.63, 3.8) is 0 Å². The molecule has 0 saturated carbocycles. The van der Waals surface area contributed by atoms with Crippen molar-refractivity contribution in [2.45, 2.75) is 25.2 Å². The summed E-state index contributed by atoms with van der Waals surface area (Å²) in [6, 6.07) is 6.36. The van der Waals surface area contributed by atoms with Crippen molar-refractivity contribution in [3.05, 3.63) is 74.4 Å². The van der Waals surface area contributed by atoms with Crippen molar-refractivity contribution >= 4 is 16.8 Å². The molecule has 0 radical (unpaired) electrons. The van der Waals surface area contributed by atoms with E-state index in [0.29, 0.717) is 0 Å². The van der Waals surface area contributed by atoms with Gasteiger partial charge in [-0.25, -0.2) is 0 Å². The highest BCUT2D eigenvalue weighted by atomic mass is 16.7. The van der Waals surface area contributed by atoms with Gasteiger partial charge in [-0.1, -0.05) is 0 Å². The maximum absolute atomic E-state index is 14.7. The molecule has 232 valence electrons. The Labute approximate surface area is 255 Å². The molecule has 0 saturated heterocycles. The van der Waals surface area contributed by atoms with E-state index < -0.39 is 90.9 Å². The Hall–Kier alpha value is -6.44. The largest absolute Gasteiger partial charge is 0.507 e. The van der Waals surface area contributed by atoms with Gasteiger partial charge < -0.3 is 59.5 Å². The Morgan fingerprint density at radius 2 is 1.30 bits per heavy atom. The number of fused-ring (bicyclic) bond motifs is 5. The number of phenols is 7. The van der Waals surface area contributed by atoms with Crippen molar-refractivity contribution in [1.29, 1.82) is 0 Å². The van der Waals surface area contributed by atoms with Crippen LogP contribution in [-0.4, -0.2) is 46.6 Å². The van der Waals surface area contributed by atoms with E-state index in [0.717, 1.165) is 30.3 Å². The topological polar surface area (TPSA) is 237 Å². The van der Waals surface area contributed by atoms with E-state index in [9.17, 15) is 50.4 Å². The third-order valence-corrected chi connectivity index (χ3v) is 8.76. The summed E-state index contributed by atoms with van der Waals surface area (Å²) in [5.41, 5.74) is -5.23. The van der Waals surface area contributed by atoms with E-state index in [1.54, 1.807) is 0 Å².